The molecule has 0 spiro atoms. The van der Waals surface area contributed by atoms with Gasteiger partial charge in [-0.25, -0.2) is 4.68 Å². The third-order valence-electron chi connectivity index (χ3n) is 4.97. The number of methoxy groups -OCH3 is 1. The second-order valence-electron chi connectivity index (χ2n) is 7.00. The van der Waals surface area contributed by atoms with E-state index in [1.807, 2.05) is 62.6 Å². The number of carbonyl (C=O) groups excluding carboxylic acids is 1. The van der Waals surface area contributed by atoms with E-state index in [0.717, 1.165) is 16.8 Å². The van der Waals surface area contributed by atoms with Crippen LogP contribution in [0, 0.1) is 6.92 Å². The van der Waals surface area contributed by atoms with Crippen LogP contribution in [0.1, 0.15) is 24.1 Å². The summed E-state index contributed by atoms with van der Waals surface area (Å²) in [5.74, 6) is 1.01. The van der Waals surface area contributed by atoms with Gasteiger partial charge in [0.15, 0.2) is 0 Å². The lowest BCUT2D eigenvalue weighted by Crippen LogP contribution is -2.31. The summed E-state index contributed by atoms with van der Waals surface area (Å²) in [6.07, 6.45) is 1.93. The molecule has 2 heterocycles. The molecule has 0 saturated carbocycles. The zero-order valence-electron chi connectivity index (χ0n) is 17.3. The summed E-state index contributed by atoms with van der Waals surface area (Å²) in [5, 5.41) is 11.5. The van der Waals surface area contributed by atoms with Crippen molar-refractivity contribution in [2.24, 2.45) is 0 Å². The van der Waals surface area contributed by atoms with E-state index < -0.39 is 6.04 Å². The van der Waals surface area contributed by atoms with Crippen molar-refractivity contribution < 1.29 is 9.53 Å². The van der Waals surface area contributed by atoms with E-state index in [2.05, 4.69) is 26.8 Å². The number of allylic oxidation sites excluding steroid dienone is 1. The third kappa shape index (κ3) is 3.66. The first kappa shape index (κ1) is 20.0. The summed E-state index contributed by atoms with van der Waals surface area (Å²) < 4.78 is 7.17. The number of thioether (sulfide) groups is 1. The highest BCUT2D eigenvalue weighted by molar-refractivity contribution is 7.98. The lowest BCUT2D eigenvalue weighted by Gasteiger charge is -2.29. The van der Waals surface area contributed by atoms with Crippen molar-refractivity contribution in [3.05, 3.63) is 70.9 Å². The second kappa shape index (κ2) is 8.23. The van der Waals surface area contributed by atoms with Crippen molar-refractivity contribution in [1.82, 2.24) is 14.8 Å². The molecule has 30 heavy (non-hydrogen) atoms. The molecule has 2 N–H and O–H groups in total. The summed E-state index contributed by atoms with van der Waals surface area (Å²) >= 11 is 1.46. The monoisotopic (exact) mass is 421 g/mol. The van der Waals surface area contributed by atoms with Crippen molar-refractivity contribution in [2.75, 3.05) is 24.0 Å². The van der Waals surface area contributed by atoms with Crippen molar-refractivity contribution in [2.45, 2.75) is 25.0 Å². The second-order valence-corrected chi connectivity index (χ2v) is 7.77. The van der Waals surface area contributed by atoms with E-state index in [9.17, 15) is 4.79 Å². The predicted molar refractivity (Wildman–Crippen MR) is 119 cm³/mol. The fraction of sp³-hybridized carbons (Fsp3) is 0.227. The Bertz CT molecular complexity index is 1140. The van der Waals surface area contributed by atoms with E-state index in [-0.39, 0.29) is 5.91 Å². The molecule has 0 bridgehead atoms. The molecule has 3 aromatic rings. The molecule has 0 radical (unpaired) electrons. The maximum Gasteiger partial charge on any atom is 0.255 e. The van der Waals surface area contributed by atoms with Crippen LogP contribution in [-0.4, -0.2) is 34.0 Å². The zero-order valence-corrected chi connectivity index (χ0v) is 18.1. The highest BCUT2D eigenvalue weighted by Gasteiger charge is 2.34. The van der Waals surface area contributed by atoms with Gasteiger partial charge < -0.3 is 15.4 Å². The van der Waals surface area contributed by atoms with Crippen molar-refractivity contribution in [3.63, 3.8) is 0 Å². The standard InChI is InChI=1S/C22H23N5O2S/c1-13-8-7-9-15(12-13)19-18(14(2)23-21-25-22(30-4)26-27(19)21)20(28)24-16-10-5-6-11-17(16)29-3/h5-12,19H,1-4H3,(H,24,28)(H,23,25,26)/t19-/m1/s1. The SMILES string of the molecule is COc1ccccc1NC(=O)C1=C(C)Nc2nc(SC)nn2[C@@H]1c1cccc(C)c1. The van der Waals surface area contributed by atoms with Gasteiger partial charge in [0.1, 0.15) is 11.8 Å². The predicted octanol–water partition coefficient (Wildman–Crippen LogP) is 4.24. The van der Waals surface area contributed by atoms with Gasteiger partial charge >= 0.3 is 0 Å². The number of aromatic nitrogens is 3. The average molecular weight is 422 g/mol. The Morgan fingerprint density at radius 1 is 1.20 bits per heavy atom. The maximum absolute atomic E-state index is 13.5. The minimum atomic E-state index is -0.399. The van der Waals surface area contributed by atoms with Gasteiger partial charge in [0.2, 0.25) is 11.1 Å². The first-order valence-corrected chi connectivity index (χ1v) is 10.7. The number of para-hydroxylation sites is 2. The largest absolute Gasteiger partial charge is 0.495 e. The van der Waals surface area contributed by atoms with Crippen molar-refractivity contribution >= 4 is 29.3 Å². The number of aryl methyl sites for hydroxylation is 1. The Hall–Kier alpha value is -3.26. The molecule has 2 aromatic carbocycles. The van der Waals surface area contributed by atoms with Gasteiger partial charge in [0.25, 0.3) is 5.91 Å². The van der Waals surface area contributed by atoms with Crippen molar-refractivity contribution in [1.29, 1.82) is 0 Å². The van der Waals surface area contributed by atoms with E-state index in [1.165, 1.54) is 11.8 Å². The minimum absolute atomic E-state index is 0.220. The van der Waals surface area contributed by atoms with Crippen LogP contribution in [0.3, 0.4) is 0 Å². The number of nitrogens with zero attached hydrogens (tertiary/aromatic N) is 3. The van der Waals surface area contributed by atoms with E-state index in [1.54, 1.807) is 11.8 Å². The first-order valence-electron chi connectivity index (χ1n) is 9.51. The summed E-state index contributed by atoms with van der Waals surface area (Å²) in [5.41, 5.74) is 4.01. The van der Waals surface area contributed by atoms with Gasteiger partial charge in [0.05, 0.1) is 18.4 Å². The number of anilines is 2. The summed E-state index contributed by atoms with van der Waals surface area (Å²) in [6.45, 7) is 3.92. The molecule has 1 aromatic heterocycles. The highest BCUT2D eigenvalue weighted by Crippen LogP contribution is 2.37. The normalized spacial score (nSPS) is 15.4. The van der Waals surface area contributed by atoms with Crippen LogP contribution in [0.25, 0.3) is 0 Å². The number of carbonyl (C=O) groups is 1. The number of hydrogen-bond donors (Lipinski definition) is 2. The third-order valence-corrected chi connectivity index (χ3v) is 5.51. The number of nitrogens with one attached hydrogen (secondary N) is 2. The molecule has 7 nitrogen and oxygen atoms in total. The Morgan fingerprint density at radius 2 is 2.00 bits per heavy atom. The number of amides is 1. The molecule has 1 aliphatic heterocycles. The van der Waals surface area contributed by atoms with Crippen LogP contribution in [0.15, 0.2) is 65.0 Å². The van der Waals surface area contributed by atoms with Gasteiger partial charge in [-0.05, 0) is 37.8 Å². The molecule has 1 amide bonds. The average Bonchev–Trinajstić information content (AvgIpc) is 3.15. The quantitative estimate of drug-likeness (QED) is 0.600. The van der Waals surface area contributed by atoms with Crippen LogP contribution >= 0.6 is 11.8 Å². The Labute approximate surface area is 179 Å². The molecule has 8 heteroatoms. The highest BCUT2D eigenvalue weighted by atomic mass is 32.2. The molecule has 0 unspecified atom stereocenters. The van der Waals surface area contributed by atoms with Gasteiger partial charge in [-0.15, -0.1) is 5.10 Å². The number of benzene rings is 2. The number of hydrogen-bond acceptors (Lipinski definition) is 6. The van der Waals surface area contributed by atoms with Gasteiger partial charge in [0, 0.05) is 5.70 Å². The minimum Gasteiger partial charge on any atom is -0.495 e. The van der Waals surface area contributed by atoms with E-state index >= 15 is 0 Å². The molecule has 4 rings (SSSR count). The van der Waals surface area contributed by atoms with Gasteiger partial charge in [-0.1, -0.05) is 53.7 Å². The molecule has 1 aliphatic rings. The Morgan fingerprint density at radius 3 is 2.73 bits per heavy atom. The molecular weight excluding hydrogens is 398 g/mol. The van der Waals surface area contributed by atoms with E-state index in [0.29, 0.717) is 28.1 Å². The summed E-state index contributed by atoms with van der Waals surface area (Å²) in [7, 11) is 1.58. The van der Waals surface area contributed by atoms with Crippen LogP contribution in [0.5, 0.6) is 5.75 Å². The number of rotatable bonds is 5. The zero-order chi connectivity index (χ0) is 21.3. The number of fused-ring (bicyclic) bond motifs is 1. The fourth-order valence-electron chi connectivity index (χ4n) is 3.60. The van der Waals surface area contributed by atoms with Gasteiger partial charge in [-0.3, -0.25) is 4.79 Å². The number of ether oxygens (including phenoxy) is 1. The van der Waals surface area contributed by atoms with Crippen LogP contribution in [0.2, 0.25) is 0 Å². The fourth-order valence-corrected chi connectivity index (χ4v) is 3.95. The van der Waals surface area contributed by atoms with Gasteiger partial charge in [-0.2, -0.15) is 4.98 Å². The molecule has 0 saturated heterocycles. The Balaban J connectivity index is 1.80. The lowest BCUT2D eigenvalue weighted by atomic mass is 9.94. The van der Waals surface area contributed by atoms with E-state index in [4.69, 9.17) is 4.74 Å². The van der Waals surface area contributed by atoms with Crippen LogP contribution < -0.4 is 15.4 Å². The Kier molecular flexibility index (Phi) is 5.50. The van der Waals surface area contributed by atoms with Crippen molar-refractivity contribution in [3.8, 4) is 5.75 Å². The molecular formula is C22H23N5O2S. The summed E-state index contributed by atoms with van der Waals surface area (Å²) in [4.78, 5) is 18.0. The van der Waals surface area contributed by atoms with Crippen LogP contribution in [0.4, 0.5) is 11.6 Å². The maximum atomic E-state index is 13.5. The summed E-state index contributed by atoms with van der Waals surface area (Å²) in [6, 6.07) is 15.1. The van der Waals surface area contributed by atoms with Crippen LogP contribution in [-0.2, 0) is 4.79 Å². The first-order chi connectivity index (χ1) is 14.5. The molecule has 154 valence electrons. The molecule has 0 aliphatic carbocycles. The topological polar surface area (TPSA) is 81.1 Å². The molecule has 1 atom stereocenters. The lowest BCUT2D eigenvalue weighted by molar-refractivity contribution is -0.113. The smallest absolute Gasteiger partial charge is 0.255 e. The molecule has 0 fully saturated rings.